The molecule has 2 heterocycles. The molecular weight excluding hydrogens is 532 g/mol. The van der Waals surface area contributed by atoms with Gasteiger partial charge < -0.3 is 20.0 Å². The highest BCUT2D eigenvalue weighted by Gasteiger charge is 2.36. The number of hydrogen-bond acceptors (Lipinski definition) is 6. The minimum Gasteiger partial charge on any atom is -0.352 e. The van der Waals surface area contributed by atoms with Crippen molar-refractivity contribution in [3.63, 3.8) is 0 Å². The average molecular weight is 579 g/mol. The molecule has 7 nitrogen and oxygen atoms in total. The molecule has 7 heteroatoms. The first kappa shape index (κ1) is 29.4. The zero-order valence-corrected chi connectivity index (χ0v) is 26.1. The number of carbonyl (C=O) groups is 1. The summed E-state index contributed by atoms with van der Waals surface area (Å²) in [7, 11) is 4.27. The minimum absolute atomic E-state index is 0.0538. The van der Waals surface area contributed by atoms with Crippen molar-refractivity contribution in [2.24, 2.45) is 4.99 Å². The molecule has 3 aliphatic rings. The van der Waals surface area contributed by atoms with E-state index >= 15 is 0 Å². The van der Waals surface area contributed by atoms with Gasteiger partial charge in [0.25, 0.3) is 0 Å². The van der Waals surface area contributed by atoms with E-state index in [1.54, 1.807) is 0 Å². The first-order valence-corrected chi connectivity index (χ1v) is 16.0. The molecule has 1 amide bonds. The van der Waals surface area contributed by atoms with Crippen molar-refractivity contribution in [1.29, 1.82) is 0 Å². The van der Waals surface area contributed by atoms with Crippen LogP contribution in [-0.4, -0.2) is 79.9 Å². The van der Waals surface area contributed by atoms with Crippen LogP contribution in [0.25, 0.3) is 0 Å². The van der Waals surface area contributed by atoms with Gasteiger partial charge >= 0.3 is 0 Å². The number of carbonyl (C=O) groups excluding carboxylic acids is 1. The van der Waals surface area contributed by atoms with Crippen LogP contribution in [0.5, 0.6) is 0 Å². The molecule has 6 rings (SSSR count). The van der Waals surface area contributed by atoms with E-state index in [1.165, 1.54) is 29.5 Å². The molecule has 1 unspecified atom stereocenters. The van der Waals surface area contributed by atoms with Crippen molar-refractivity contribution in [1.82, 2.24) is 20.0 Å². The summed E-state index contributed by atoms with van der Waals surface area (Å²) in [5.74, 6) is 1.02. The number of benzene rings is 3. The van der Waals surface area contributed by atoms with Gasteiger partial charge in [-0.2, -0.15) is 0 Å². The quantitative estimate of drug-likeness (QED) is 0.393. The zero-order valence-electron chi connectivity index (χ0n) is 26.1. The molecule has 3 aromatic rings. The highest BCUT2D eigenvalue weighted by Crippen LogP contribution is 2.41. The standard InChI is InChI=1S/C36H46N6O/c1-27-12-14-28(15-13-27)26-37-35(43)25-34-32-10-6-7-11-33(32)38-36(41-22-20-40(21-23-41)19-18-39(2)3)42(34)31-17-16-29-8-4-5-9-30(29)24-31/h6-7,10-17,24,34H,4-5,8-9,18-23,25-26H2,1-3H3,(H,37,43). The minimum atomic E-state index is -0.143. The predicted octanol–water partition coefficient (Wildman–Crippen LogP) is 5.31. The Bertz CT molecular complexity index is 1440. The Morgan fingerprint density at radius 2 is 1.67 bits per heavy atom. The lowest BCUT2D eigenvalue weighted by atomic mass is 9.90. The van der Waals surface area contributed by atoms with Crippen LogP contribution in [0.1, 0.15) is 53.1 Å². The number of aryl methyl sites for hydroxylation is 3. The van der Waals surface area contributed by atoms with Gasteiger partial charge in [-0.05, 0) is 81.6 Å². The van der Waals surface area contributed by atoms with Crippen LogP contribution in [0.15, 0.2) is 71.7 Å². The second-order valence-corrected chi connectivity index (χ2v) is 12.6. The number of nitrogens with one attached hydrogen (secondary N) is 1. The molecule has 0 radical (unpaired) electrons. The Morgan fingerprint density at radius 1 is 0.930 bits per heavy atom. The fourth-order valence-electron chi connectivity index (χ4n) is 6.57. The van der Waals surface area contributed by atoms with E-state index in [-0.39, 0.29) is 11.9 Å². The molecule has 0 saturated carbocycles. The van der Waals surface area contributed by atoms with Gasteiger partial charge in [0.2, 0.25) is 11.9 Å². The number of likely N-dealkylation sites (N-methyl/N-ethyl adjacent to an activating group) is 1. The number of fused-ring (bicyclic) bond motifs is 2. The number of nitrogens with zero attached hydrogens (tertiary/aromatic N) is 5. The van der Waals surface area contributed by atoms with Gasteiger partial charge in [-0.15, -0.1) is 0 Å². The molecule has 226 valence electrons. The fourth-order valence-corrected chi connectivity index (χ4v) is 6.57. The smallest absolute Gasteiger partial charge is 0.222 e. The summed E-state index contributed by atoms with van der Waals surface area (Å²) in [6.45, 7) is 8.61. The third kappa shape index (κ3) is 6.94. The molecule has 1 N–H and O–H groups in total. The van der Waals surface area contributed by atoms with Crippen LogP contribution < -0.4 is 10.2 Å². The van der Waals surface area contributed by atoms with E-state index in [4.69, 9.17) is 4.99 Å². The van der Waals surface area contributed by atoms with Crippen molar-refractivity contribution in [3.8, 4) is 0 Å². The molecular formula is C36H46N6O. The van der Waals surface area contributed by atoms with Gasteiger partial charge in [0.1, 0.15) is 0 Å². The molecule has 1 aliphatic carbocycles. The second-order valence-electron chi connectivity index (χ2n) is 12.6. The summed E-state index contributed by atoms with van der Waals surface area (Å²) in [5, 5.41) is 3.21. The van der Waals surface area contributed by atoms with Crippen molar-refractivity contribution in [3.05, 3.63) is 94.5 Å². The lowest BCUT2D eigenvalue weighted by Crippen LogP contribution is -2.56. The fraction of sp³-hybridized carbons (Fsp3) is 0.444. The van der Waals surface area contributed by atoms with E-state index in [9.17, 15) is 4.79 Å². The third-order valence-electron chi connectivity index (χ3n) is 9.16. The number of para-hydroxylation sites is 1. The summed E-state index contributed by atoms with van der Waals surface area (Å²) in [6, 6.07) is 23.6. The molecule has 2 aliphatic heterocycles. The molecule has 1 fully saturated rings. The first-order chi connectivity index (χ1) is 20.9. The zero-order chi connectivity index (χ0) is 29.8. The molecule has 3 aromatic carbocycles. The van der Waals surface area contributed by atoms with Crippen LogP contribution in [0.2, 0.25) is 0 Å². The predicted molar refractivity (Wildman–Crippen MR) is 176 cm³/mol. The van der Waals surface area contributed by atoms with Gasteiger partial charge in [0.15, 0.2) is 0 Å². The molecule has 0 bridgehead atoms. The van der Waals surface area contributed by atoms with Crippen LogP contribution in [0, 0.1) is 6.92 Å². The molecule has 0 aromatic heterocycles. The number of rotatable bonds is 8. The number of piperazine rings is 1. The number of hydrogen-bond donors (Lipinski definition) is 1. The first-order valence-electron chi connectivity index (χ1n) is 16.0. The molecule has 1 atom stereocenters. The van der Waals surface area contributed by atoms with E-state index in [2.05, 4.69) is 113 Å². The number of aliphatic imine (C=N–C) groups is 1. The number of guanidine groups is 1. The maximum absolute atomic E-state index is 13.6. The number of amides is 1. The lowest BCUT2D eigenvalue weighted by molar-refractivity contribution is -0.121. The Balaban J connectivity index is 1.30. The summed E-state index contributed by atoms with van der Waals surface area (Å²) >= 11 is 0. The molecule has 1 saturated heterocycles. The van der Waals surface area contributed by atoms with Crippen molar-refractivity contribution >= 4 is 23.2 Å². The topological polar surface area (TPSA) is 54.4 Å². The highest BCUT2D eigenvalue weighted by atomic mass is 16.1. The van der Waals surface area contributed by atoms with Gasteiger partial charge in [0.05, 0.1) is 18.2 Å². The Labute approximate surface area is 257 Å². The van der Waals surface area contributed by atoms with Gasteiger partial charge in [-0.3, -0.25) is 9.69 Å². The monoisotopic (exact) mass is 578 g/mol. The summed E-state index contributed by atoms with van der Waals surface area (Å²) in [4.78, 5) is 28.5. The Morgan fingerprint density at radius 3 is 2.44 bits per heavy atom. The van der Waals surface area contributed by atoms with Gasteiger partial charge in [0, 0.05) is 57.1 Å². The summed E-state index contributed by atoms with van der Waals surface area (Å²) in [6.07, 6.45) is 5.13. The number of anilines is 1. The van der Waals surface area contributed by atoms with Crippen LogP contribution in [-0.2, 0) is 24.2 Å². The summed E-state index contributed by atoms with van der Waals surface area (Å²) < 4.78 is 0. The SMILES string of the molecule is Cc1ccc(CNC(=O)CC2c3ccccc3N=C(N3CCN(CCN(C)C)CC3)N2c2ccc3c(c2)CCCC3)cc1. The highest BCUT2D eigenvalue weighted by molar-refractivity contribution is 6.01. The van der Waals surface area contributed by atoms with Crippen LogP contribution in [0.4, 0.5) is 11.4 Å². The summed E-state index contributed by atoms with van der Waals surface area (Å²) in [5.41, 5.74) is 8.46. The van der Waals surface area contributed by atoms with Crippen molar-refractivity contribution in [2.75, 3.05) is 58.3 Å². The Kier molecular flexibility index (Phi) is 9.10. The van der Waals surface area contributed by atoms with E-state index in [0.717, 1.165) is 80.6 Å². The van der Waals surface area contributed by atoms with Crippen molar-refractivity contribution in [2.45, 2.75) is 51.6 Å². The average Bonchev–Trinajstić information content (AvgIpc) is 3.03. The third-order valence-corrected chi connectivity index (χ3v) is 9.16. The van der Waals surface area contributed by atoms with Crippen molar-refractivity contribution < 1.29 is 4.79 Å². The maximum Gasteiger partial charge on any atom is 0.222 e. The van der Waals surface area contributed by atoms with Crippen LogP contribution in [0.3, 0.4) is 0 Å². The molecule has 43 heavy (non-hydrogen) atoms. The van der Waals surface area contributed by atoms with E-state index in [0.29, 0.717) is 13.0 Å². The second kappa shape index (κ2) is 13.3. The maximum atomic E-state index is 13.6. The van der Waals surface area contributed by atoms with Crippen LogP contribution >= 0.6 is 0 Å². The van der Waals surface area contributed by atoms with Gasteiger partial charge in [-0.25, -0.2) is 4.99 Å². The lowest BCUT2D eigenvalue weighted by Gasteiger charge is -2.45. The van der Waals surface area contributed by atoms with Gasteiger partial charge in [-0.1, -0.05) is 54.1 Å². The Hall–Kier alpha value is -3.68. The van der Waals surface area contributed by atoms with E-state index in [1.807, 2.05) is 0 Å². The van der Waals surface area contributed by atoms with E-state index < -0.39 is 0 Å². The largest absolute Gasteiger partial charge is 0.352 e. The normalized spacial score (nSPS) is 18.7. The molecule has 0 spiro atoms.